The smallest absolute Gasteiger partial charge is 0.294 e. The van der Waals surface area contributed by atoms with E-state index in [1.807, 2.05) is 0 Å². The lowest BCUT2D eigenvalue weighted by atomic mass is 9.93. The quantitative estimate of drug-likeness (QED) is 0.560. The molecule has 2 fully saturated rings. The number of nitrogens with zero attached hydrogens (tertiary/aromatic N) is 1. The van der Waals surface area contributed by atoms with Crippen LogP contribution in [0.4, 0.5) is 0 Å². The van der Waals surface area contributed by atoms with Crippen LogP contribution >= 0.6 is 0 Å². The van der Waals surface area contributed by atoms with Gasteiger partial charge >= 0.3 is 0 Å². The molecule has 1 saturated carbocycles. The van der Waals surface area contributed by atoms with Crippen LogP contribution in [0.25, 0.3) is 0 Å². The third-order valence-corrected chi connectivity index (χ3v) is 3.63. The fourth-order valence-corrected chi connectivity index (χ4v) is 2.64. The van der Waals surface area contributed by atoms with E-state index in [1.165, 1.54) is 0 Å². The molecule has 0 radical (unpaired) electrons. The molecule has 0 aromatic rings. The van der Waals surface area contributed by atoms with E-state index in [0.29, 0.717) is 12.8 Å². The van der Waals surface area contributed by atoms with Crippen LogP contribution in [-0.2, 0) is 9.63 Å². The fourth-order valence-electron chi connectivity index (χ4n) is 2.64. The van der Waals surface area contributed by atoms with E-state index in [2.05, 4.69) is 15.5 Å². The molecule has 1 aliphatic carbocycles. The third kappa shape index (κ3) is 3.56. The first-order chi connectivity index (χ1) is 8.65. The predicted octanol–water partition coefficient (Wildman–Crippen LogP) is 0.374. The van der Waals surface area contributed by atoms with Crippen molar-refractivity contribution in [2.75, 3.05) is 6.54 Å². The van der Waals surface area contributed by atoms with Gasteiger partial charge in [-0.1, -0.05) is 0 Å². The van der Waals surface area contributed by atoms with Crippen LogP contribution in [0.1, 0.15) is 38.5 Å². The molecule has 0 bridgehead atoms. The largest absolute Gasteiger partial charge is 0.352 e. The van der Waals surface area contributed by atoms with E-state index in [4.69, 9.17) is 0 Å². The van der Waals surface area contributed by atoms with Crippen LogP contribution in [-0.4, -0.2) is 35.7 Å². The molecule has 0 aromatic carbocycles. The van der Waals surface area contributed by atoms with Crippen LogP contribution in [0.2, 0.25) is 0 Å². The van der Waals surface area contributed by atoms with Gasteiger partial charge in [-0.3, -0.25) is 4.79 Å². The molecular formula is C11H19N3O4. The van der Waals surface area contributed by atoms with Crippen molar-refractivity contribution < 1.29 is 14.7 Å². The zero-order valence-electron chi connectivity index (χ0n) is 10.3. The average molecular weight is 257 g/mol. The Morgan fingerprint density at radius 3 is 2.56 bits per heavy atom. The molecule has 2 rings (SSSR count). The van der Waals surface area contributed by atoms with E-state index >= 15 is 0 Å². The molecule has 0 aromatic heterocycles. The van der Waals surface area contributed by atoms with Crippen molar-refractivity contribution in [2.45, 2.75) is 56.7 Å². The van der Waals surface area contributed by atoms with Crippen molar-refractivity contribution in [2.24, 2.45) is 0 Å². The van der Waals surface area contributed by atoms with Crippen LogP contribution in [0.5, 0.6) is 0 Å². The first-order valence-corrected chi connectivity index (χ1v) is 6.50. The Labute approximate surface area is 105 Å². The third-order valence-electron chi connectivity index (χ3n) is 3.63. The molecule has 1 atom stereocenters. The summed E-state index contributed by atoms with van der Waals surface area (Å²) in [7, 11) is 0. The maximum Gasteiger partial charge on any atom is 0.294 e. The summed E-state index contributed by atoms with van der Waals surface area (Å²) < 4.78 is 0. The zero-order valence-corrected chi connectivity index (χ0v) is 10.3. The second kappa shape index (κ2) is 5.99. The van der Waals surface area contributed by atoms with Gasteiger partial charge in [0, 0.05) is 6.04 Å². The van der Waals surface area contributed by atoms with Gasteiger partial charge in [0.15, 0.2) is 0 Å². The first-order valence-electron chi connectivity index (χ1n) is 6.50. The molecule has 1 aliphatic heterocycles. The molecule has 2 N–H and O–H groups in total. The maximum atomic E-state index is 11.9. The molecule has 7 nitrogen and oxygen atoms in total. The number of carbonyl (C=O) groups is 1. The molecule has 7 heteroatoms. The summed E-state index contributed by atoms with van der Waals surface area (Å²) >= 11 is 0. The Morgan fingerprint density at radius 2 is 2.00 bits per heavy atom. The average Bonchev–Trinajstić information content (AvgIpc) is 2.84. The predicted molar refractivity (Wildman–Crippen MR) is 63.3 cm³/mol. The molecule has 1 saturated heterocycles. The molecular weight excluding hydrogens is 238 g/mol. The monoisotopic (exact) mass is 257 g/mol. The topological polar surface area (TPSA) is 93.5 Å². The van der Waals surface area contributed by atoms with Crippen molar-refractivity contribution in [3.05, 3.63) is 10.1 Å². The van der Waals surface area contributed by atoms with Gasteiger partial charge in [0.25, 0.3) is 5.09 Å². The van der Waals surface area contributed by atoms with Gasteiger partial charge in [-0.05, 0) is 45.1 Å². The van der Waals surface area contributed by atoms with Crippen LogP contribution < -0.4 is 10.6 Å². The van der Waals surface area contributed by atoms with Gasteiger partial charge in [-0.2, -0.15) is 0 Å². The SMILES string of the molecule is O=C(NC1CCC(O[N+](=O)[O-])CC1)C1CCCN1. The zero-order chi connectivity index (χ0) is 13.0. The first kappa shape index (κ1) is 13.1. The lowest BCUT2D eigenvalue weighted by Crippen LogP contribution is -2.46. The number of nitrogens with one attached hydrogen (secondary N) is 2. The van der Waals surface area contributed by atoms with Gasteiger partial charge in [0.1, 0.15) is 6.10 Å². The highest BCUT2D eigenvalue weighted by Gasteiger charge is 2.28. The van der Waals surface area contributed by atoms with Crippen molar-refractivity contribution in [1.29, 1.82) is 0 Å². The maximum absolute atomic E-state index is 11.9. The second-order valence-electron chi connectivity index (χ2n) is 4.96. The van der Waals surface area contributed by atoms with Crippen molar-refractivity contribution in [3.63, 3.8) is 0 Å². The number of rotatable bonds is 4. The number of hydrogen-bond donors (Lipinski definition) is 2. The minimum absolute atomic E-state index is 0.0576. The van der Waals surface area contributed by atoms with E-state index in [1.54, 1.807) is 0 Å². The number of hydrogen-bond acceptors (Lipinski definition) is 5. The highest BCUT2D eigenvalue weighted by molar-refractivity contribution is 5.82. The Bertz CT molecular complexity index is 309. The van der Waals surface area contributed by atoms with Crippen LogP contribution in [0.3, 0.4) is 0 Å². The number of amides is 1. The van der Waals surface area contributed by atoms with Gasteiger partial charge in [-0.25, -0.2) is 0 Å². The van der Waals surface area contributed by atoms with E-state index in [0.717, 1.165) is 32.2 Å². The summed E-state index contributed by atoms with van der Waals surface area (Å²) in [5.41, 5.74) is 0. The van der Waals surface area contributed by atoms with Crippen molar-refractivity contribution in [3.8, 4) is 0 Å². The van der Waals surface area contributed by atoms with Gasteiger partial charge in [0.05, 0.1) is 6.04 Å². The minimum atomic E-state index is -0.730. The normalized spacial score (nSPS) is 31.9. The van der Waals surface area contributed by atoms with E-state index < -0.39 is 5.09 Å². The summed E-state index contributed by atoms with van der Waals surface area (Å²) in [5, 5.41) is 15.6. The molecule has 18 heavy (non-hydrogen) atoms. The molecule has 1 amide bonds. The fraction of sp³-hybridized carbons (Fsp3) is 0.909. The van der Waals surface area contributed by atoms with Crippen molar-refractivity contribution in [1.82, 2.24) is 10.6 Å². The molecule has 2 aliphatic rings. The van der Waals surface area contributed by atoms with E-state index in [9.17, 15) is 14.9 Å². The molecule has 0 spiro atoms. The lowest BCUT2D eigenvalue weighted by Gasteiger charge is -2.28. The lowest BCUT2D eigenvalue weighted by molar-refractivity contribution is -0.769. The summed E-state index contributed by atoms with van der Waals surface area (Å²) in [6.07, 6.45) is 4.38. The standard InChI is InChI=1S/C11H19N3O4/c15-11(10-2-1-7-12-10)13-8-3-5-9(6-4-8)18-14(16)17/h8-10,12H,1-7H2,(H,13,15). The number of carbonyl (C=O) groups excluding carboxylic acids is 1. The van der Waals surface area contributed by atoms with Gasteiger partial charge in [-0.15, -0.1) is 10.1 Å². The van der Waals surface area contributed by atoms with Crippen molar-refractivity contribution >= 4 is 5.91 Å². The Hall–Kier alpha value is -1.37. The van der Waals surface area contributed by atoms with Gasteiger partial charge in [0.2, 0.25) is 5.91 Å². The summed E-state index contributed by atoms with van der Waals surface area (Å²) in [6, 6.07) is 0.0734. The highest BCUT2D eigenvalue weighted by Crippen LogP contribution is 2.21. The molecule has 102 valence electrons. The van der Waals surface area contributed by atoms with Gasteiger partial charge < -0.3 is 15.5 Å². The minimum Gasteiger partial charge on any atom is -0.352 e. The summed E-state index contributed by atoms with van der Waals surface area (Å²) in [4.78, 5) is 26.6. The molecule has 1 heterocycles. The van der Waals surface area contributed by atoms with E-state index in [-0.39, 0.29) is 24.1 Å². The highest BCUT2D eigenvalue weighted by atomic mass is 17.0. The van der Waals surface area contributed by atoms with Crippen LogP contribution in [0, 0.1) is 10.1 Å². The second-order valence-corrected chi connectivity index (χ2v) is 4.96. The Kier molecular flexibility index (Phi) is 4.35. The Morgan fingerprint density at radius 1 is 1.28 bits per heavy atom. The Balaban J connectivity index is 1.69. The molecule has 1 unspecified atom stereocenters. The summed E-state index contributed by atoms with van der Waals surface area (Å²) in [6.45, 7) is 0.904. The van der Waals surface area contributed by atoms with Crippen LogP contribution in [0.15, 0.2) is 0 Å². The summed E-state index contributed by atoms with van der Waals surface area (Å²) in [5.74, 6) is 0.0612.